The topological polar surface area (TPSA) is 43.4 Å². The molecule has 0 amide bonds. The van der Waals surface area contributed by atoms with E-state index >= 15 is 0 Å². The number of ketones is 1. The van der Waals surface area contributed by atoms with Crippen molar-refractivity contribution in [2.24, 2.45) is 0 Å². The Bertz CT molecular complexity index is 1610. The van der Waals surface area contributed by atoms with Crippen molar-refractivity contribution >= 4 is 27.7 Å². The van der Waals surface area contributed by atoms with Crippen LogP contribution in [0.25, 0.3) is 44.4 Å². The van der Waals surface area contributed by atoms with Crippen LogP contribution in [0.1, 0.15) is 21.7 Å². The SMILES string of the molecule is Cc1c(C(=O)c2ccccc2)oc2cc3oc(-c4ccccc4)c(-c4ccccc4)c3cc12. The number of hydrogen-bond acceptors (Lipinski definition) is 3. The first-order chi connectivity index (χ1) is 16.2. The summed E-state index contributed by atoms with van der Waals surface area (Å²) in [7, 11) is 0. The highest BCUT2D eigenvalue weighted by Gasteiger charge is 2.23. The van der Waals surface area contributed by atoms with E-state index in [1.165, 1.54) is 0 Å². The number of benzene rings is 4. The van der Waals surface area contributed by atoms with E-state index < -0.39 is 0 Å². The lowest BCUT2D eigenvalue weighted by molar-refractivity contribution is 0.101. The molecule has 2 aromatic heterocycles. The standard InChI is InChI=1S/C30H20O3/c1-19-23-17-24-26(18-25(23)32-29(19)28(31)21-13-7-3-8-14-21)33-30(22-15-9-4-10-16-22)27(24)20-11-5-2-6-12-20/h2-18H,1H3. The molecule has 0 aliphatic carbocycles. The summed E-state index contributed by atoms with van der Waals surface area (Å²) in [5, 5.41) is 1.91. The number of furan rings is 2. The van der Waals surface area contributed by atoms with Gasteiger partial charge in [-0.2, -0.15) is 0 Å². The van der Waals surface area contributed by atoms with Crippen LogP contribution in [0.5, 0.6) is 0 Å². The fourth-order valence-electron chi connectivity index (χ4n) is 4.43. The summed E-state index contributed by atoms with van der Waals surface area (Å²) in [5.74, 6) is 1.07. The van der Waals surface area contributed by atoms with Crippen molar-refractivity contribution in [1.82, 2.24) is 0 Å². The lowest BCUT2D eigenvalue weighted by atomic mass is 9.97. The smallest absolute Gasteiger partial charge is 0.228 e. The van der Waals surface area contributed by atoms with Crippen LogP contribution >= 0.6 is 0 Å². The molecule has 33 heavy (non-hydrogen) atoms. The van der Waals surface area contributed by atoms with Crippen molar-refractivity contribution in [3.63, 3.8) is 0 Å². The first-order valence-corrected chi connectivity index (χ1v) is 10.9. The Hall–Kier alpha value is -4.37. The van der Waals surface area contributed by atoms with E-state index in [4.69, 9.17) is 8.83 Å². The Morgan fingerprint density at radius 3 is 1.88 bits per heavy atom. The second-order valence-corrected chi connectivity index (χ2v) is 8.13. The molecule has 158 valence electrons. The molecule has 4 aromatic carbocycles. The van der Waals surface area contributed by atoms with Gasteiger partial charge in [-0.15, -0.1) is 0 Å². The van der Waals surface area contributed by atoms with Crippen molar-refractivity contribution in [3.8, 4) is 22.5 Å². The second-order valence-electron chi connectivity index (χ2n) is 8.13. The predicted octanol–water partition coefficient (Wildman–Crippen LogP) is 8.05. The Balaban J connectivity index is 1.60. The van der Waals surface area contributed by atoms with Crippen LogP contribution in [0.3, 0.4) is 0 Å². The molecule has 0 aliphatic heterocycles. The summed E-state index contributed by atoms with van der Waals surface area (Å²) < 4.78 is 12.5. The van der Waals surface area contributed by atoms with Gasteiger partial charge in [0, 0.05) is 39.1 Å². The van der Waals surface area contributed by atoms with Gasteiger partial charge in [0.25, 0.3) is 0 Å². The summed E-state index contributed by atoms with van der Waals surface area (Å²) in [4.78, 5) is 13.1. The number of rotatable bonds is 4. The Morgan fingerprint density at radius 1 is 0.636 bits per heavy atom. The lowest BCUT2D eigenvalue weighted by Crippen LogP contribution is -2.00. The van der Waals surface area contributed by atoms with E-state index in [0.717, 1.165) is 44.4 Å². The lowest BCUT2D eigenvalue weighted by Gasteiger charge is -2.04. The minimum Gasteiger partial charge on any atom is -0.455 e. The van der Waals surface area contributed by atoms with Crippen molar-refractivity contribution in [3.05, 3.63) is 120 Å². The van der Waals surface area contributed by atoms with E-state index in [0.29, 0.717) is 16.9 Å². The second kappa shape index (κ2) is 7.64. The van der Waals surface area contributed by atoms with Crippen molar-refractivity contribution in [2.75, 3.05) is 0 Å². The van der Waals surface area contributed by atoms with Crippen LogP contribution in [0.4, 0.5) is 0 Å². The molecule has 0 radical (unpaired) electrons. The zero-order valence-corrected chi connectivity index (χ0v) is 18.0. The van der Waals surface area contributed by atoms with Gasteiger partial charge in [0.2, 0.25) is 5.78 Å². The summed E-state index contributed by atoms with van der Waals surface area (Å²) in [5.41, 5.74) is 5.95. The normalized spacial score (nSPS) is 11.3. The van der Waals surface area contributed by atoms with E-state index in [1.54, 1.807) is 12.1 Å². The van der Waals surface area contributed by atoms with Gasteiger partial charge in [-0.3, -0.25) is 4.79 Å². The summed E-state index contributed by atoms with van der Waals surface area (Å²) in [6.45, 7) is 1.94. The van der Waals surface area contributed by atoms with Crippen molar-refractivity contribution < 1.29 is 13.6 Å². The third-order valence-corrected chi connectivity index (χ3v) is 6.09. The molecular formula is C30H20O3. The van der Waals surface area contributed by atoms with Gasteiger partial charge in [-0.1, -0.05) is 91.0 Å². The average Bonchev–Trinajstić information content (AvgIpc) is 3.41. The summed E-state index contributed by atoms with van der Waals surface area (Å²) in [6.07, 6.45) is 0. The molecule has 0 saturated carbocycles. The molecule has 0 atom stereocenters. The molecule has 3 nitrogen and oxygen atoms in total. The van der Waals surface area contributed by atoms with Crippen molar-refractivity contribution in [1.29, 1.82) is 0 Å². The van der Waals surface area contributed by atoms with E-state index in [1.807, 2.05) is 67.6 Å². The average molecular weight is 428 g/mol. The minimum absolute atomic E-state index is 0.117. The van der Waals surface area contributed by atoms with Crippen LogP contribution in [0, 0.1) is 6.92 Å². The van der Waals surface area contributed by atoms with Crippen LogP contribution < -0.4 is 0 Å². The highest BCUT2D eigenvalue weighted by atomic mass is 16.4. The van der Waals surface area contributed by atoms with Crippen LogP contribution in [0.15, 0.2) is 112 Å². The van der Waals surface area contributed by atoms with Gasteiger partial charge < -0.3 is 8.83 Å². The van der Waals surface area contributed by atoms with Crippen LogP contribution in [0.2, 0.25) is 0 Å². The molecule has 0 aliphatic rings. The van der Waals surface area contributed by atoms with Gasteiger partial charge in [-0.25, -0.2) is 0 Å². The number of carbonyl (C=O) groups excluding carboxylic acids is 1. The predicted molar refractivity (Wildman–Crippen MR) is 131 cm³/mol. The maximum absolute atomic E-state index is 13.1. The molecule has 6 aromatic rings. The van der Waals surface area contributed by atoms with E-state index in [9.17, 15) is 4.79 Å². The van der Waals surface area contributed by atoms with Gasteiger partial charge in [0.1, 0.15) is 16.9 Å². The first kappa shape index (κ1) is 19.3. The van der Waals surface area contributed by atoms with Gasteiger partial charge in [0.05, 0.1) is 0 Å². The highest BCUT2D eigenvalue weighted by Crippen LogP contribution is 2.43. The molecule has 0 spiro atoms. The largest absolute Gasteiger partial charge is 0.455 e. The number of carbonyl (C=O) groups is 1. The number of hydrogen-bond donors (Lipinski definition) is 0. The minimum atomic E-state index is -0.117. The zero-order chi connectivity index (χ0) is 22.4. The van der Waals surface area contributed by atoms with Crippen LogP contribution in [-0.2, 0) is 0 Å². The Kier molecular flexibility index (Phi) is 4.48. The quantitative estimate of drug-likeness (QED) is 0.267. The van der Waals surface area contributed by atoms with Gasteiger partial charge in [0.15, 0.2) is 5.76 Å². The highest BCUT2D eigenvalue weighted by molar-refractivity contribution is 6.13. The van der Waals surface area contributed by atoms with E-state index in [-0.39, 0.29) is 5.78 Å². The maximum atomic E-state index is 13.1. The summed E-state index contributed by atoms with van der Waals surface area (Å²) in [6, 6.07) is 33.6. The Labute approximate surface area is 190 Å². The molecule has 6 rings (SSSR count). The molecular weight excluding hydrogens is 408 g/mol. The third-order valence-electron chi connectivity index (χ3n) is 6.09. The zero-order valence-electron chi connectivity index (χ0n) is 18.0. The van der Waals surface area contributed by atoms with Gasteiger partial charge >= 0.3 is 0 Å². The Morgan fingerprint density at radius 2 is 1.21 bits per heavy atom. The molecule has 0 fully saturated rings. The molecule has 0 bridgehead atoms. The monoisotopic (exact) mass is 428 g/mol. The third kappa shape index (κ3) is 3.17. The van der Waals surface area contributed by atoms with Crippen molar-refractivity contribution in [2.45, 2.75) is 6.92 Å². The van der Waals surface area contributed by atoms with Gasteiger partial charge in [-0.05, 0) is 18.6 Å². The molecule has 0 saturated heterocycles. The molecule has 0 N–H and O–H groups in total. The molecule has 3 heteroatoms. The fraction of sp³-hybridized carbons (Fsp3) is 0.0333. The number of fused-ring (bicyclic) bond motifs is 2. The fourth-order valence-corrected chi connectivity index (χ4v) is 4.43. The van der Waals surface area contributed by atoms with Crippen LogP contribution in [-0.4, -0.2) is 5.78 Å². The molecule has 0 unspecified atom stereocenters. The summed E-state index contributed by atoms with van der Waals surface area (Å²) >= 11 is 0. The first-order valence-electron chi connectivity index (χ1n) is 10.9. The maximum Gasteiger partial charge on any atom is 0.228 e. The molecule has 2 heterocycles. The number of aryl methyl sites for hydroxylation is 1. The van der Waals surface area contributed by atoms with E-state index in [2.05, 4.69) is 30.3 Å².